The van der Waals surface area contributed by atoms with E-state index in [1.807, 2.05) is 61.5 Å². The van der Waals surface area contributed by atoms with Crippen LogP contribution in [0.1, 0.15) is 58.4 Å². The van der Waals surface area contributed by atoms with Crippen molar-refractivity contribution in [3.8, 4) is 0 Å². The number of hydrogen-bond acceptors (Lipinski definition) is 3. The van der Waals surface area contributed by atoms with Gasteiger partial charge in [0, 0.05) is 36.1 Å². The molecular weight excluding hydrogens is 449 g/mol. The molecule has 144 valence electrons. The van der Waals surface area contributed by atoms with Gasteiger partial charge in [-0.05, 0) is 26.8 Å². The van der Waals surface area contributed by atoms with Crippen LogP contribution in [0.2, 0.25) is 0 Å². The second-order valence-electron chi connectivity index (χ2n) is 7.39. The van der Waals surface area contributed by atoms with Crippen LogP contribution < -0.4 is 0 Å². The van der Waals surface area contributed by atoms with Gasteiger partial charge in [-0.1, -0.05) is 66.6 Å². The fraction of sp³-hybridized carbons (Fsp3) is 0.391. The van der Waals surface area contributed by atoms with E-state index in [-0.39, 0.29) is 47.6 Å². The lowest BCUT2D eigenvalue weighted by atomic mass is 9.88. The summed E-state index contributed by atoms with van der Waals surface area (Å²) in [4.78, 5) is 27.4. The number of ketones is 2. The maximum atomic E-state index is 12.6. The molecule has 0 radical (unpaired) electrons. The molecule has 1 heterocycles. The summed E-state index contributed by atoms with van der Waals surface area (Å²) >= 11 is 0. The van der Waals surface area contributed by atoms with E-state index in [1.165, 1.54) is 0 Å². The minimum Gasteiger partial charge on any atom is -0.300 e. The van der Waals surface area contributed by atoms with Gasteiger partial charge in [0.15, 0.2) is 11.6 Å². The lowest BCUT2D eigenvalue weighted by Crippen LogP contribution is -2.45. The molecule has 0 spiro atoms. The van der Waals surface area contributed by atoms with Crippen molar-refractivity contribution in [1.82, 2.24) is 4.90 Å². The van der Waals surface area contributed by atoms with E-state index in [0.29, 0.717) is 12.8 Å². The minimum atomic E-state index is 0. The molecule has 2 aromatic rings. The zero-order valence-corrected chi connectivity index (χ0v) is 18.4. The molecule has 1 aliphatic heterocycles. The summed E-state index contributed by atoms with van der Waals surface area (Å²) in [5.41, 5.74) is 2.72. The minimum absolute atomic E-state index is 0. The van der Waals surface area contributed by atoms with E-state index >= 15 is 0 Å². The van der Waals surface area contributed by atoms with Crippen LogP contribution in [0.15, 0.2) is 54.6 Å². The highest BCUT2D eigenvalue weighted by atomic mass is 127. The van der Waals surface area contributed by atoms with Gasteiger partial charge in [0.25, 0.3) is 0 Å². The van der Waals surface area contributed by atoms with E-state index < -0.39 is 0 Å². The van der Waals surface area contributed by atoms with Gasteiger partial charge in [-0.25, -0.2) is 0 Å². The highest BCUT2D eigenvalue weighted by molar-refractivity contribution is 14.0. The lowest BCUT2D eigenvalue weighted by molar-refractivity contribution is 0.0723. The first kappa shape index (κ1) is 21.8. The lowest BCUT2D eigenvalue weighted by Gasteiger charge is -2.39. The van der Waals surface area contributed by atoms with Gasteiger partial charge in [-0.15, -0.1) is 24.0 Å². The van der Waals surface area contributed by atoms with Gasteiger partial charge < -0.3 is 0 Å². The van der Waals surface area contributed by atoms with Crippen molar-refractivity contribution in [2.45, 2.75) is 51.1 Å². The number of piperidine rings is 1. The Balaban J connectivity index is 0.00000261. The summed E-state index contributed by atoms with van der Waals surface area (Å²) in [7, 11) is 2.06. The summed E-state index contributed by atoms with van der Waals surface area (Å²) < 4.78 is 0. The standard InChI is InChI=1S/C23H27NO2.HI/c1-17-11-13-19(14-12-17)23(26)16-21-10-6-9-20(24(21)2)15-22(25)18-7-4-3-5-8-18;/h3-5,7-8,11-14,20-21H,6,9-10,15-16H2,1-2H3;1H. The summed E-state index contributed by atoms with van der Waals surface area (Å²) in [6.45, 7) is 2.03. The normalized spacial score (nSPS) is 19.9. The molecule has 1 aliphatic rings. The van der Waals surface area contributed by atoms with E-state index in [9.17, 15) is 9.59 Å². The second-order valence-corrected chi connectivity index (χ2v) is 7.39. The van der Waals surface area contributed by atoms with Crippen LogP contribution in [0.4, 0.5) is 0 Å². The van der Waals surface area contributed by atoms with Gasteiger partial charge >= 0.3 is 0 Å². The first-order valence-electron chi connectivity index (χ1n) is 9.44. The molecule has 0 aromatic heterocycles. The Labute approximate surface area is 179 Å². The van der Waals surface area contributed by atoms with Gasteiger partial charge in [0.1, 0.15) is 0 Å². The Morgan fingerprint density at radius 1 is 0.852 bits per heavy atom. The average molecular weight is 477 g/mol. The number of carbonyl (C=O) groups excluding carboxylic acids is 2. The van der Waals surface area contributed by atoms with Crippen molar-refractivity contribution >= 4 is 35.5 Å². The predicted molar refractivity (Wildman–Crippen MR) is 120 cm³/mol. The van der Waals surface area contributed by atoms with Crippen LogP contribution in [-0.4, -0.2) is 35.6 Å². The smallest absolute Gasteiger partial charge is 0.164 e. The highest BCUT2D eigenvalue weighted by Crippen LogP contribution is 2.27. The SMILES string of the molecule is Cc1ccc(C(=O)CC2CCCC(CC(=O)c3ccccc3)N2C)cc1.I. The molecule has 3 nitrogen and oxygen atoms in total. The largest absolute Gasteiger partial charge is 0.300 e. The first-order valence-corrected chi connectivity index (χ1v) is 9.44. The number of nitrogens with zero attached hydrogens (tertiary/aromatic N) is 1. The fourth-order valence-electron chi connectivity index (χ4n) is 3.81. The summed E-state index contributed by atoms with van der Waals surface area (Å²) in [6, 6.07) is 17.7. The fourth-order valence-corrected chi connectivity index (χ4v) is 3.81. The number of rotatable bonds is 6. The number of hydrogen-bond donors (Lipinski definition) is 0. The molecule has 0 aliphatic carbocycles. The maximum absolute atomic E-state index is 12.6. The van der Waals surface area contributed by atoms with Crippen molar-refractivity contribution in [2.24, 2.45) is 0 Å². The Hall–Kier alpha value is -1.53. The third kappa shape index (κ3) is 5.72. The predicted octanol–water partition coefficient (Wildman–Crippen LogP) is 5.31. The maximum Gasteiger partial charge on any atom is 0.164 e. The highest BCUT2D eigenvalue weighted by Gasteiger charge is 2.30. The first-order chi connectivity index (χ1) is 12.5. The molecule has 0 saturated carbocycles. The van der Waals surface area contributed by atoms with Gasteiger partial charge in [0.2, 0.25) is 0 Å². The molecule has 1 fully saturated rings. The van der Waals surface area contributed by atoms with Crippen LogP contribution in [0, 0.1) is 6.92 Å². The van der Waals surface area contributed by atoms with Crippen LogP contribution in [0.3, 0.4) is 0 Å². The van der Waals surface area contributed by atoms with E-state index in [1.54, 1.807) is 0 Å². The Kier molecular flexibility index (Phi) is 8.17. The van der Waals surface area contributed by atoms with Crippen molar-refractivity contribution in [3.63, 3.8) is 0 Å². The molecule has 2 aromatic carbocycles. The molecule has 4 heteroatoms. The van der Waals surface area contributed by atoms with Crippen molar-refractivity contribution < 1.29 is 9.59 Å². The molecule has 0 bridgehead atoms. The topological polar surface area (TPSA) is 37.4 Å². The molecule has 3 rings (SSSR count). The summed E-state index contributed by atoms with van der Waals surface area (Å²) in [5, 5.41) is 0. The monoisotopic (exact) mass is 477 g/mol. The Bertz CT molecular complexity index is 758. The van der Waals surface area contributed by atoms with E-state index in [0.717, 1.165) is 36.0 Å². The molecule has 2 atom stereocenters. The summed E-state index contributed by atoms with van der Waals surface area (Å²) in [6.07, 6.45) is 4.16. The molecule has 0 amide bonds. The van der Waals surface area contributed by atoms with Gasteiger partial charge in [-0.3, -0.25) is 14.5 Å². The zero-order valence-electron chi connectivity index (χ0n) is 16.1. The van der Waals surface area contributed by atoms with Crippen molar-refractivity contribution in [1.29, 1.82) is 0 Å². The number of benzene rings is 2. The number of carbonyl (C=O) groups is 2. The zero-order chi connectivity index (χ0) is 18.5. The van der Waals surface area contributed by atoms with Gasteiger partial charge in [-0.2, -0.15) is 0 Å². The number of aryl methyl sites for hydroxylation is 1. The molecule has 27 heavy (non-hydrogen) atoms. The molecule has 2 unspecified atom stereocenters. The van der Waals surface area contributed by atoms with Crippen LogP contribution >= 0.6 is 24.0 Å². The summed E-state index contributed by atoms with van der Waals surface area (Å²) in [5.74, 6) is 0.379. The van der Waals surface area contributed by atoms with Crippen LogP contribution in [0.5, 0.6) is 0 Å². The van der Waals surface area contributed by atoms with Gasteiger partial charge in [0.05, 0.1) is 0 Å². The molecular formula is C23H28INO2. The molecule has 0 N–H and O–H groups in total. The number of likely N-dealkylation sites (tertiary alicyclic amines) is 1. The van der Waals surface area contributed by atoms with Crippen molar-refractivity contribution in [3.05, 3.63) is 71.3 Å². The van der Waals surface area contributed by atoms with Crippen molar-refractivity contribution in [2.75, 3.05) is 7.05 Å². The molecule has 1 saturated heterocycles. The third-order valence-electron chi connectivity index (χ3n) is 5.54. The number of Topliss-reactive ketones (excluding diaryl/α,β-unsaturated/α-hetero) is 2. The number of halogens is 1. The third-order valence-corrected chi connectivity index (χ3v) is 5.54. The Morgan fingerprint density at radius 3 is 1.85 bits per heavy atom. The average Bonchev–Trinajstić information content (AvgIpc) is 2.66. The van der Waals surface area contributed by atoms with Crippen LogP contribution in [-0.2, 0) is 0 Å². The quantitative estimate of drug-likeness (QED) is 0.418. The Morgan fingerprint density at radius 2 is 1.33 bits per heavy atom. The second kappa shape index (κ2) is 10.1. The van der Waals surface area contributed by atoms with Crippen LogP contribution in [0.25, 0.3) is 0 Å². The van der Waals surface area contributed by atoms with E-state index in [2.05, 4.69) is 11.9 Å². The van der Waals surface area contributed by atoms with E-state index in [4.69, 9.17) is 0 Å².